The third-order valence-corrected chi connectivity index (χ3v) is 9.69. The van der Waals surface area contributed by atoms with Gasteiger partial charge in [-0.2, -0.15) is 0 Å². The van der Waals surface area contributed by atoms with Crippen molar-refractivity contribution >= 4 is 21.9 Å². The predicted molar refractivity (Wildman–Crippen MR) is 191 cm³/mol. The van der Waals surface area contributed by atoms with Crippen LogP contribution in [0.4, 0.5) is 0 Å². The molecule has 46 heavy (non-hydrogen) atoms. The Labute approximate surface area is 268 Å². The molecule has 2 nitrogen and oxygen atoms in total. The molecule has 0 bridgehead atoms. The van der Waals surface area contributed by atoms with Crippen molar-refractivity contribution in [1.82, 2.24) is 4.98 Å². The van der Waals surface area contributed by atoms with Crippen LogP contribution in [-0.2, 0) is 5.41 Å². The van der Waals surface area contributed by atoms with Crippen LogP contribution in [0.25, 0.3) is 77.8 Å². The number of furan rings is 1. The Morgan fingerprint density at radius 2 is 1.02 bits per heavy atom. The van der Waals surface area contributed by atoms with Crippen molar-refractivity contribution < 1.29 is 4.42 Å². The predicted octanol–water partition coefficient (Wildman–Crippen LogP) is 12.0. The van der Waals surface area contributed by atoms with E-state index in [2.05, 4.69) is 153 Å². The van der Waals surface area contributed by atoms with Crippen LogP contribution in [0.5, 0.6) is 0 Å². The molecule has 0 saturated heterocycles. The third-order valence-electron chi connectivity index (χ3n) is 9.69. The van der Waals surface area contributed by atoms with Crippen molar-refractivity contribution in [2.75, 3.05) is 0 Å². The third kappa shape index (κ3) is 4.07. The quantitative estimate of drug-likeness (QED) is 0.204. The van der Waals surface area contributed by atoms with E-state index >= 15 is 0 Å². The molecule has 0 radical (unpaired) electrons. The summed E-state index contributed by atoms with van der Waals surface area (Å²) in [6.45, 7) is 4.66. The number of hydrogen-bond donors (Lipinski definition) is 0. The Morgan fingerprint density at radius 3 is 1.67 bits per heavy atom. The van der Waals surface area contributed by atoms with E-state index in [0.29, 0.717) is 0 Å². The van der Waals surface area contributed by atoms with E-state index in [1.54, 1.807) is 0 Å². The van der Waals surface area contributed by atoms with Gasteiger partial charge >= 0.3 is 0 Å². The van der Waals surface area contributed by atoms with Gasteiger partial charge in [-0.1, -0.05) is 147 Å². The number of rotatable bonds is 4. The summed E-state index contributed by atoms with van der Waals surface area (Å²) in [5.74, 6) is 0. The first-order valence-electron chi connectivity index (χ1n) is 15.9. The number of hydrogen-bond acceptors (Lipinski definition) is 2. The highest BCUT2D eigenvalue weighted by Crippen LogP contribution is 2.54. The van der Waals surface area contributed by atoms with Crippen molar-refractivity contribution in [2.45, 2.75) is 19.3 Å². The summed E-state index contributed by atoms with van der Waals surface area (Å²) in [6.07, 6.45) is 0. The summed E-state index contributed by atoms with van der Waals surface area (Å²) in [4.78, 5) is 5.11. The molecule has 0 saturated carbocycles. The van der Waals surface area contributed by atoms with Crippen LogP contribution >= 0.6 is 0 Å². The number of pyridine rings is 1. The average molecular weight is 590 g/mol. The lowest BCUT2D eigenvalue weighted by molar-refractivity contribution is 0.653. The molecule has 9 rings (SSSR count). The van der Waals surface area contributed by atoms with Gasteiger partial charge in [-0.05, 0) is 51.6 Å². The average Bonchev–Trinajstić information content (AvgIpc) is 3.61. The zero-order valence-corrected chi connectivity index (χ0v) is 25.8. The van der Waals surface area contributed by atoms with E-state index in [0.717, 1.165) is 66.7 Å². The standard InChI is InChI=1S/C44H31NO/c1-44(2)37-23-21-31(32-26-39(29-15-8-4-9-16-29)45-40(27-32)30-17-10-5-11-18-30)25-36(37)41-38(44)24-22-35-34-20-12-19-33(42(34)46-43(35)41)28-13-6-3-7-14-28/h3-27H,1-2H3. The number of nitrogens with zero attached hydrogens (tertiary/aromatic N) is 1. The summed E-state index contributed by atoms with van der Waals surface area (Å²) in [5.41, 5.74) is 15.5. The maximum absolute atomic E-state index is 6.92. The molecular formula is C44H31NO. The molecule has 6 aromatic carbocycles. The summed E-state index contributed by atoms with van der Waals surface area (Å²) in [7, 11) is 0. The highest BCUT2D eigenvalue weighted by Gasteiger charge is 2.38. The zero-order valence-electron chi connectivity index (χ0n) is 25.8. The minimum absolute atomic E-state index is 0.152. The second kappa shape index (κ2) is 10.2. The zero-order chi connectivity index (χ0) is 30.8. The molecule has 218 valence electrons. The van der Waals surface area contributed by atoms with Crippen molar-refractivity contribution in [3.63, 3.8) is 0 Å². The first-order chi connectivity index (χ1) is 22.6. The molecule has 2 aromatic heterocycles. The van der Waals surface area contributed by atoms with Crippen LogP contribution in [0.15, 0.2) is 156 Å². The van der Waals surface area contributed by atoms with Gasteiger partial charge in [0.25, 0.3) is 0 Å². The van der Waals surface area contributed by atoms with Gasteiger partial charge < -0.3 is 4.42 Å². The molecule has 0 spiro atoms. The van der Waals surface area contributed by atoms with Gasteiger partial charge in [-0.25, -0.2) is 4.98 Å². The number of para-hydroxylation sites is 1. The highest BCUT2D eigenvalue weighted by molar-refractivity contribution is 6.14. The van der Waals surface area contributed by atoms with Crippen molar-refractivity contribution in [3.8, 4) is 55.9 Å². The lowest BCUT2D eigenvalue weighted by atomic mass is 9.82. The molecule has 0 aliphatic heterocycles. The molecule has 0 fully saturated rings. The molecule has 2 heterocycles. The van der Waals surface area contributed by atoms with E-state index < -0.39 is 0 Å². The lowest BCUT2D eigenvalue weighted by Crippen LogP contribution is -2.14. The van der Waals surface area contributed by atoms with Crippen molar-refractivity contribution in [1.29, 1.82) is 0 Å². The van der Waals surface area contributed by atoms with Gasteiger partial charge in [0.2, 0.25) is 0 Å². The summed E-state index contributed by atoms with van der Waals surface area (Å²) < 4.78 is 6.92. The van der Waals surface area contributed by atoms with E-state index in [1.165, 1.54) is 22.3 Å². The van der Waals surface area contributed by atoms with Crippen molar-refractivity contribution in [2.24, 2.45) is 0 Å². The fourth-order valence-corrected chi connectivity index (χ4v) is 7.33. The van der Waals surface area contributed by atoms with Crippen LogP contribution < -0.4 is 0 Å². The molecule has 8 aromatic rings. The Morgan fingerprint density at radius 1 is 0.435 bits per heavy atom. The van der Waals surface area contributed by atoms with Crippen LogP contribution in [0.1, 0.15) is 25.0 Å². The smallest absolute Gasteiger partial charge is 0.143 e. The van der Waals surface area contributed by atoms with Crippen LogP contribution in [0.3, 0.4) is 0 Å². The minimum atomic E-state index is -0.152. The first-order valence-corrected chi connectivity index (χ1v) is 15.9. The van der Waals surface area contributed by atoms with Gasteiger partial charge in [0.05, 0.1) is 11.4 Å². The second-order valence-electron chi connectivity index (χ2n) is 12.8. The Bertz CT molecular complexity index is 2360. The maximum atomic E-state index is 6.92. The fraction of sp³-hybridized carbons (Fsp3) is 0.0682. The summed E-state index contributed by atoms with van der Waals surface area (Å²) in [5, 5.41) is 2.30. The SMILES string of the molecule is CC1(C)c2ccc(-c3cc(-c4ccccc4)nc(-c4ccccc4)c3)cc2-c2c1ccc1c2oc2c(-c3ccccc3)cccc21. The maximum Gasteiger partial charge on any atom is 0.143 e. The molecule has 1 aliphatic carbocycles. The first kappa shape index (κ1) is 26.7. The monoisotopic (exact) mass is 589 g/mol. The lowest BCUT2D eigenvalue weighted by Gasteiger charge is -2.21. The minimum Gasteiger partial charge on any atom is -0.455 e. The van der Waals surface area contributed by atoms with Gasteiger partial charge in [-0.15, -0.1) is 0 Å². The van der Waals surface area contributed by atoms with E-state index in [1.807, 2.05) is 12.1 Å². The van der Waals surface area contributed by atoms with Crippen LogP contribution in [0.2, 0.25) is 0 Å². The number of fused-ring (bicyclic) bond motifs is 7. The van der Waals surface area contributed by atoms with E-state index in [-0.39, 0.29) is 5.41 Å². The van der Waals surface area contributed by atoms with Gasteiger partial charge in [-0.3, -0.25) is 0 Å². The Hall–Kier alpha value is -5.73. The number of benzene rings is 6. The van der Waals surface area contributed by atoms with E-state index in [4.69, 9.17) is 9.40 Å². The topological polar surface area (TPSA) is 26.0 Å². The molecule has 0 atom stereocenters. The van der Waals surface area contributed by atoms with E-state index in [9.17, 15) is 0 Å². The highest BCUT2D eigenvalue weighted by atomic mass is 16.3. The van der Waals surface area contributed by atoms with Gasteiger partial charge in [0.1, 0.15) is 11.2 Å². The normalized spacial score (nSPS) is 13.2. The molecule has 0 unspecified atom stereocenters. The van der Waals surface area contributed by atoms with Crippen LogP contribution in [0, 0.1) is 0 Å². The fourth-order valence-electron chi connectivity index (χ4n) is 7.33. The Kier molecular flexibility index (Phi) is 5.88. The second-order valence-corrected chi connectivity index (χ2v) is 12.8. The molecule has 2 heteroatoms. The van der Waals surface area contributed by atoms with Crippen molar-refractivity contribution in [3.05, 3.63) is 163 Å². The molecule has 0 amide bonds. The Balaban J connectivity index is 1.27. The summed E-state index contributed by atoms with van der Waals surface area (Å²) in [6, 6.07) is 53.9. The molecule has 0 N–H and O–H groups in total. The van der Waals surface area contributed by atoms with Crippen LogP contribution in [-0.4, -0.2) is 4.98 Å². The van der Waals surface area contributed by atoms with Gasteiger partial charge in [0.15, 0.2) is 0 Å². The summed E-state index contributed by atoms with van der Waals surface area (Å²) >= 11 is 0. The molecular weight excluding hydrogens is 558 g/mol. The molecule has 1 aliphatic rings. The largest absolute Gasteiger partial charge is 0.455 e. The van der Waals surface area contributed by atoms with Gasteiger partial charge in [0, 0.05) is 38.4 Å². The number of aromatic nitrogens is 1.